The average Bonchev–Trinajstić information content (AvgIpc) is 2.89. The first kappa shape index (κ1) is 25.1. The molecule has 0 aliphatic carbocycles. The molecule has 1 heterocycles. The maximum absolute atomic E-state index is 13.1. The molecule has 0 spiro atoms. The first-order valence-corrected chi connectivity index (χ1v) is 10.3. The highest BCUT2D eigenvalue weighted by molar-refractivity contribution is 6.48. The molecule has 3 N–H and O–H groups in total. The molecule has 0 radical (unpaired) electrons. The van der Waals surface area contributed by atoms with E-state index < -0.39 is 42.3 Å². The molecule has 1 aromatic carbocycles. The normalized spacial score (nSPS) is 19.0. The van der Waals surface area contributed by atoms with Gasteiger partial charge in [-0.15, -0.1) is 0 Å². The standard InChI is InChI=1S/C21H32BFN2O6/c1-20(2)21(3,4)31-22(30-20)17(8-6-7-14-9-11-15(23)12-10-14)25-18(26)16(13-29-5)24-19(27)28/h9-12,16-17,24H,6-8,13H2,1-5H3,(H,25,26)(H,27,28)/t16?,17-/m0/s1. The quantitative estimate of drug-likeness (QED) is 0.485. The molecular formula is C21H32BFN2O6. The zero-order valence-electron chi connectivity index (χ0n) is 18.7. The fraction of sp³-hybridized carbons (Fsp3) is 0.619. The predicted octanol–water partition coefficient (Wildman–Crippen LogP) is 2.55. The van der Waals surface area contributed by atoms with E-state index in [-0.39, 0.29) is 12.4 Å². The second-order valence-corrected chi connectivity index (χ2v) is 8.72. The Labute approximate surface area is 183 Å². The van der Waals surface area contributed by atoms with Crippen LogP contribution in [0.15, 0.2) is 24.3 Å². The zero-order chi connectivity index (χ0) is 23.2. The van der Waals surface area contributed by atoms with Crippen LogP contribution in [0, 0.1) is 5.82 Å². The lowest BCUT2D eigenvalue weighted by atomic mass is 9.75. The van der Waals surface area contributed by atoms with E-state index in [4.69, 9.17) is 19.2 Å². The SMILES string of the molecule is COCC(NC(=O)O)C(=O)N[C@@H](CCCc1ccc(F)cc1)B1OC(C)(C)C(C)(C)O1. The number of carboxylic acid groups (broad SMARTS) is 1. The van der Waals surface area contributed by atoms with Gasteiger partial charge in [-0.1, -0.05) is 12.1 Å². The van der Waals surface area contributed by atoms with Crippen molar-refractivity contribution in [3.8, 4) is 0 Å². The fourth-order valence-corrected chi connectivity index (χ4v) is 3.29. The van der Waals surface area contributed by atoms with Crippen molar-refractivity contribution in [2.24, 2.45) is 0 Å². The summed E-state index contributed by atoms with van der Waals surface area (Å²) in [5, 5.41) is 14.0. The number of benzene rings is 1. The Hall–Kier alpha value is -2.17. The summed E-state index contributed by atoms with van der Waals surface area (Å²) >= 11 is 0. The van der Waals surface area contributed by atoms with Gasteiger partial charge in [0.25, 0.3) is 0 Å². The number of ether oxygens (including phenoxy) is 1. The minimum Gasteiger partial charge on any atom is -0.465 e. The van der Waals surface area contributed by atoms with Crippen molar-refractivity contribution in [3.05, 3.63) is 35.6 Å². The number of aryl methyl sites for hydroxylation is 1. The van der Waals surface area contributed by atoms with E-state index in [9.17, 15) is 14.0 Å². The van der Waals surface area contributed by atoms with Gasteiger partial charge >= 0.3 is 13.2 Å². The van der Waals surface area contributed by atoms with Crippen LogP contribution in [0.5, 0.6) is 0 Å². The Morgan fingerprint density at radius 1 is 1.13 bits per heavy atom. The fourth-order valence-electron chi connectivity index (χ4n) is 3.29. The molecule has 0 bridgehead atoms. The smallest absolute Gasteiger partial charge is 0.465 e. The van der Waals surface area contributed by atoms with Crippen LogP contribution in [0.2, 0.25) is 0 Å². The van der Waals surface area contributed by atoms with Crippen molar-refractivity contribution in [1.29, 1.82) is 0 Å². The number of carbonyl (C=O) groups is 2. The van der Waals surface area contributed by atoms with Crippen LogP contribution in [-0.4, -0.2) is 61.1 Å². The molecule has 1 saturated heterocycles. The molecule has 0 aromatic heterocycles. The van der Waals surface area contributed by atoms with Gasteiger partial charge in [0.1, 0.15) is 11.9 Å². The molecule has 2 atom stereocenters. The summed E-state index contributed by atoms with van der Waals surface area (Å²) in [7, 11) is 0.688. The van der Waals surface area contributed by atoms with Crippen LogP contribution in [0.4, 0.5) is 9.18 Å². The van der Waals surface area contributed by atoms with Gasteiger partial charge in [0.05, 0.1) is 23.8 Å². The number of hydrogen-bond acceptors (Lipinski definition) is 5. The monoisotopic (exact) mass is 438 g/mol. The van der Waals surface area contributed by atoms with Gasteiger partial charge in [0, 0.05) is 7.11 Å². The summed E-state index contributed by atoms with van der Waals surface area (Å²) in [4.78, 5) is 23.8. The summed E-state index contributed by atoms with van der Waals surface area (Å²) in [5.74, 6) is -1.32. The first-order chi connectivity index (χ1) is 14.4. The molecular weight excluding hydrogens is 406 g/mol. The van der Waals surface area contributed by atoms with Crippen LogP contribution in [0.25, 0.3) is 0 Å². The minimum atomic E-state index is -1.32. The van der Waals surface area contributed by atoms with E-state index in [2.05, 4.69) is 10.6 Å². The molecule has 1 fully saturated rings. The topological polar surface area (TPSA) is 106 Å². The Balaban J connectivity index is 2.10. The molecule has 10 heteroatoms. The maximum atomic E-state index is 13.1. The van der Waals surface area contributed by atoms with Crippen LogP contribution in [0.3, 0.4) is 0 Å². The molecule has 2 rings (SSSR count). The number of rotatable bonds is 10. The maximum Gasteiger partial charge on any atom is 0.481 e. The van der Waals surface area contributed by atoms with Crippen molar-refractivity contribution < 1.29 is 33.1 Å². The Morgan fingerprint density at radius 3 is 2.23 bits per heavy atom. The van der Waals surface area contributed by atoms with E-state index in [0.29, 0.717) is 19.3 Å². The van der Waals surface area contributed by atoms with Crippen LogP contribution in [-0.2, 0) is 25.3 Å². The van der Waals surface area contributed by atoms with Gasteiger partial charge in [-0.25, -0.2) is 9.18 Å². The molecule has 172 valence electrons. The highest BCUT2D eigenvalue weighted by atomic mass is 19.1. The van der Waals surface area contributed by atoms with Gasteiger partial charge in [0.2, 0.25) is 5.91 Å². The average molecular weight is 438 g/mol. The van der Waals surface area contributed by atoms with E-state index in [1.54, 1.807) is 12.1 Å². The van der Waals surface area contributed by atoms with Gasteiger partial charge in [-0.3, -0.25) is 4.79 Å². The Bertz CT molecular complexity index is 743. The highest BCUT2D eigenvalue weighted by Gasteiger charge is 2.54. The Morgan fingerprint density at radius 2 is 1.71 bits per heavy atom. The summed E-state index contributed by atoms with van der Waals surface area (Å²) in [6.45, 7) is 7.58. The molecule has 1 aromatic rings. The van der Waals surface area contributed by atoms with Gasteiger partial charge in [-0.05, 0) is 64.7 Å². The molecule has 8 nitrogen and oxygen atoms in total. The summed E-state index contributed by atoms with van der Waals surface area (Å²) < 4.78 is 30.3. The second kappa shape index (κ2) is 10.4. The van der Waals surface area contributed by atoms with Crippen molar-refractivity contribution in [3.63, 3.8) is 0 Å². The van der Waals surface area contributed by atoms with Crippen LogP contribution in [0.1, 0.15) is 46.1 Å². The highest BCUT2D eigenvalue weighted by Crippen LogP contribution is 2.38. The minimum absolute atomic E-state index is 0.107. The summed E-state index contributed by atoms with van der Waals surface area (Å²) in [6, 6.07) is 5.21. The van der Waals surface area contributed by atoms with Gasteiger partial charge in [0.15, 0.2) is 0 Å². The molecule has 1 aliphatic rings. The molecule has 31 heavy (non-hydrogen) atoms. The summed E-state index contributed by atoms with van der Waals surface area (Å²) in [6.07, 6.45) is 0.566. The number of amides is 2. The van der Waals surface area contributed by atoms with E-state index in [1.807, 2.05) is 27.7 Å². The molecule has 0 saturated carbocycles. The molecule has 1 unspecified atom stereocenters. The third kappa shape index (κ3) is 6.91. The van der Waals surface area contributed by atoms with Gasteiger partial charge < -0.3 is 29.8 Å². The molecule has 1 aliphatic heterocycles. The lowest BCUT2D eigenvalue weighted by Gasteiger charge is -2.32. The number of methoxy groups -OCH3 is 1. The van der Waals surface area contributed by atoms with Crippen molar-refractivity contribution in [1.82, 2.24) is 10.6 Å². The first-order valence-electron chi connectivity index (χ1n) is 10.3. The Kier molecular flexibility index (Phi) is 8.45. The predicted molar refractivity (Wildman–Crippen MR) is 114 cm³/mol. The van der Waals surface area contributed by atoms with Crippen LogP contribution >= 0.6 is 0 Å². The van der Waals surface area contributed by atoms with Gasteiger partial charge in [-0.2, -0.15) is 0 Å². The lowest BCUT2D eigenvalue weighted by molar-refractivity contribution is -0.124. The number of carbonyl (C=O) groups excluding carboxylic acids is 1. The third-order valence-electron chi connectivity index (χ3n) is 5.77. The number of nitrogens with one attached hydrogen (secondary N) is 2. The lowest BCUT2D eigenvalue weighted by Crippen LogP contribution is -2.55. The van der Waals surface area contributed by atoms with E-state index >= 15 is 0 Å². The van der Waals surface area contributed by atoms with E-state index in [1.165, 1.54) is 19.2 Å². The molecule has 2 amide bonds. The van der Waals surface area contributed by atoms with E-state index in [0.717, 1.165) is 5.56 Å². The zero-order valence-corrected chi connectivity index (χ0v) is 18.7. The second-order valence-electron chi connectivity index (χ2n) is 8.72. The van der Waals surface area contributed by atoms with Crippen molar-refractivity contribution >= 4 is 19.1 Å². The summed E-state index contributed by atoms with van der Waals surface area (Å²) in [5.41, 5.74) is -0.184. The number of hydrogen-bond donors (Lipinski definition) is 3. The largest absolute Gasteiger partial charge is 0.481 e. The van der Waals surface area contributed by atoms with Crippen LogP contribution < -0.4 is 10.6 Å². The van der Waals surface area contributed by atoms with Crippen molar-refractivity contribution in [2.75, 3.05) is 13.7 Å². The third-order valence-corrected chi connectivity index (χ3v) is 5.77. The van der Waals surface area contributed by atoms with Crippen molar-refractivity contribution in [2.45, 2.75) is 70.1 Å². The number of halogens is 1.